The van der Waals surface area contributed by atoms with Crippen LogP contribution >= 0.6 is 21.3 Å². The van der Waals surface area contributed by atoms with Crippen molar-refractivity contribution in [1.29, 1.82) is 0 Å². The van der Waals surface area contributed by atoms with Crippen LogP contribution < -0.4 is 0 Å². The number of amidine groups is 1. The van der Waals surface area contributed by atoms with E-state index in [4.69, 9.17) is 0 Å². The Labute approximate surface area is 76.0 Å². The van der Waals surface area contributed by atoms with Crippen molar-refractivity contribution in [3.05, 3.63) is 23.9 Å². The molecule has 2 rings (SSSR count). The lowest BCUT2D eigenvalue weighted by atomic mass is 10.1. The third-order valence-corrected chi connectivity index (χ3v) is 2.99. The maximum absolute atomic E-state index is 4.28. The maximum atomic E-state index is 4.28. The van der Waals surface area contributed by atoms with E-state index in [-0.39, 0.29) is 21.3 Å². The van der Waals surface area contributed by atoms with Gasteiger partial charge in [0.2, 0.25) is 0 Å². The van der Waals surface area contributed by atoms with Crippen LogP contribution in [-0.4, -0.2) is 10.8 Å². The van der Waals surface area contributed by atoms with Gasteiger partial charge in [0.1, 0.15) is 0 Å². The van der Waals surface area contributed by atoms with Gasteiger partial charge in [0.25, 0.3) is 0 Å². The van der Waals surface area contributed by atoms with Gasteiger partial charge in [-0.15, -0.1) is 3.25 Å². The molecule has 0 amide bonds. The molecule has 4 heteroatoms. The summed E-state index contributed by atoms with van der Waals surface area (Å²) in [6.07, 6.45) is 7.27. The Bertz CT molecular complexity index is 288. The number of nitrogens with zero attached hydrogens (tertiary/aromatic N) is 3. The van der Waals surface area contributed by atoms with E-state index >= 15 is 0 Å². The van der Waals surface area contributed by atoms with Gasteiger partial charge in [-0.2, -0.15) is 3.21 Å². The monoisotopic (exact) mass is 261 g/mol. The van der Waals surface area contributed by atoms with E-state index in [2.05, 4.69) is 25.7 Å². The summed E-state index contributed by atoms with van der Waals surface area (Å²) in [5.74, 6) is 1.01. The van der Waals surface area contributed by atoms with Gasteiger partial charge in [-0.05, 0) is 18.1 Å². The standard InChI is InChI=1S/C7H8IN3/c1-2-6-3-4-7-9-8-10-11(7)5-6/h3-5H,2H2,1H3. The minimum atomic E-state index is -0.293. The zero-order chi connectivity index (χ0) is 7.68. The van der Waals surface area contributed by atoms with Crippen molar-refractivity contribution in [3.8, 4) is 0 Å². The highest BCUT2D eigenvalue weighted by Gasteiger charge is 2.13. The molecule has 0 N–H and O–H groups in total. The lowest BCUT2D eigenvalue weighted by molar-refractivity contribution is 0.622. The van der Waals surface area contributed by atoms with Crippen molar-refractivity contribution in [3.63, 3.8) is 0 Å². The van der Waals surface area contributed by atoms with Crippen LogP contribution in [0.5, 0.6) is 0 Å². The molecule has 0 aliphatic carbocycles. The van der Waals surface area contributed by atoms with E-state index in [9.17, 15) is 0 Å². The zero-order valence-electron chi connectivity index (χ0n) is 6.16. The molecule has 11 heavy (non-hydrogen) atoms. The minimum Gasteiger partial charge on any atom is -0.216 e. The van der Waals surface area contributed by atoms with Crippen LogP contribution in [-0.2, 0) is 0 Å². The average Bonchev–Trinajstić information content (AvgIpc) is 2.50. The number of hydrogen-bond donors (Lipinski definition) is 0. The van der Waals surface area contributed by atoms with Crippen LogP contribution in [0.1, 0.15) is 13.3 Å². The number of fused-ring (bicyclic) bond motifs is 1. The Hall–Kier alpha value is -0.520. The molecule has 0 aromatic rings. The second kappa shape index (κ2) is 2.84. The summed E-state index contributed by atoms with van der Waals surface area (Å²) in [5.41, 5.74) is 1.32. The van der Waals surface area contributed by atoms with E-state index in [0.717, 1.165) is 12.3 Å². The summed E-state index contributed by atoms with van der Waals surface area (Å²) in [4.78, 5) is 0. The Morgan fingerprint density at radius 3 is 3.27 bits per heavy atom. The van der Waals surface area contributed by atoms with Crippen LogP contribution in [0.3, 0.4) is 0 Å². The molecular weight excluding hydrogens is 253 g/mol. The van der Waals surface area contributed by atoms with Crippen LogP contribution in [0.4, 0.5) is 0 Å². The molecule has 0 atom stereocenters. The van der Waals surface area contributed by atoms with Gasteiger partial charge in [-0.1, -0.05) is 13.0 Å². The summed E-state index contributed by atoms with van der Waals surface area (Å²) in [6, 6.07) is 0. The highest BCUT2D eigenvalue weighted by atomic mass is 127. The Morgan fingerprint density at radius 1 is 1.55 bits per heavy atom. The summed E-state index contributed by atoms with van der Waals surface area (Å²) < 4.78 is 8.55. The van der Waals surface area contributed by atoms with Gasteiger partial charge >= 0.3 is 0 Å². The third-order valence-electron chi connectivity index (χ3n) is 1.62. The molecule has 58 valence electrons. The Morgan fingerprint density at radius 2 is 2.45 bits per heavy atom. The molecule has 2 aliphatic heterocycles. The first-order valence-electron chi connectivity index (χ1n) is 3.50. The topological polar surface area (TPSA) is 28.0 Å². The van der Waals surface area contributed by atoms with Gasteiger partial charge in [0, 0.05) is 6.20 Å². The number of hydrogen-bond acceptors (Lipinski definition) is 3. The summed E-state index contributed by atoms with van der Waals surface area (Å²) >= 11 is -0.293. The van der Waals surface area contributed by atoms with Crippen molar-refractivity contribution in [2.75, 3.05) is 0 Å². The fourth-order valence-corrected chi connectivity index (χ4v) is 2.21. The molecule has 0 bridgehead atoms. The fraction of sp³-hybridized carbons (Fsp3) is 0.286. The van der Waals surface area contributed by atoms with Crippen molar-refractivity contribution >= 4 is 27.1 Å². The first-order valence-corrected chi connectivity index (χ1v) is 5.43. The third kappa shape index (κ3) is 1.26. The number of halogens is 1. The summed E-state index contributed by atoms with van der Waals surface area (Å²) in [7, 11) is 0. The van der Waals surface area contributed by atoms with Crippen molar-refractivity contribution in [2.24, 2.45) is 6.46 Å². The zero-order valence-corrected chi connectivity index (χ0v) is 8.32. The van der Waals surface area contributed by atoms with Gasteiger partial charge in [0.15, 0.2) is 27.1 Å². The molecule has 2 aliphatic rings. The molecule has 0 radical (unpaired) electrons. The van der Waals surface area contributed by atoms with Gasteiger partial charge in [-0.25, -0.2) is 5.01 Å². The first kappa shape index (κ1) is 7.15. The molecule has 0 spiro atoms. The largest absolute Gasteiger partial charge is 0.216 e. The average molecular weight is 261 g/mol. The van der Waals surface area contributed by atoms with E-state index in [0.29, 0.717) is 0 Å². The maximum Gasteiger partial charge on any atom is 0.167 e. The number of rotatable bonds is 1. The lowest BCUT2D eigenvalue weighted by Gasteiger charge is -2.13. The minimum absolute atomic E-state index is 0.293. The van der Waals surface area contributed by atoms with Crippen LogP contribution in [0.25, 0.3) is 0 Å². The van der Waals surface area contributed by atoms with Crippen LogP contribution in [0.15, 0.2) is 30.4 Å². The summed E-state index contributed by atoms with van der Waals surface area (Å²) in [6.45, 7) is 2.14. The van der Waals surface area contributed by atoms with E-state index in [1.807, 2.05) is 11.1 Å². The molecule has 3 nitrogen and oxygen atoms in total. The van der Waals surface area contributed by atoms with Gasteiger partial charge in [0.05, 0.1) is 0 Å². The summed E-state index contributed by atoms with van der Waals surface area (Å²) in [5, 5.41) is 1.89. The highest BCUT2D eigenvalue weighted by molar-refractivity contribution is 14.1. The molecule has 0 unspecified atom stereocenters. The Kier molecular flexibility index (Phi) is 1.85. The van der Waals surface area contributed by atoms with Crippen LogP contribution in [0.2, 0.25) is 0 Å². The van der Waals surface area contributed by atoms with Crippen molar-refractivity contribution < 1.29 is 0 Å². The second-order valence-electron chi connectivity index (χ2n) is 2.33. The molecular formula is C7H8IN3. The molecule has 2 heterocycles. The normalized spacial score (nSPS) is 20.6. The SMILES string of the molecule is CCC1=CN2N=IN=C2C=C1. The van der Waals surface area contributed by atoms with Crippen LogP contribution in [0, 0.1) is 0 Å². The van der Waals surface area contributed by atoms with Crippen molar-refractivity contribution in [2.45, 2.75) is 13.3 Å². The first-order chi connectivity index (χ1) is 5.40. The molecule has 0 aromatic heterocycles. The predicted octanol–water partition coefficient (Wildman–Crippen LogP) is 2.55. The van der Waals surface area contributed by atoms with Gasteiger partial charge < -0.3 is 0 Å². The van der Waals surface area contributed by atoms with E-state index in [1.54, 1.807) is 0 Å². The molecule has 0 aromatic carbocycles. The van der Waals surface area contributed by atoms with E-state index < -0.39 is 0 Å². The fourth-order valence-electron chi connectivity index (χ4n) is 0.953. The Balaban J connectivity index is 2.29. The second-order valence-corrected chi connectivity index (χ2v) is 3.67. The molecule has 0 saturated heterocycles. The molecule has 0 saturated carbocycles. The highest BCUT2D eigenvalue weighted by Crippen LogP contribution is 2.23. The molecule has 0 fully saturated rings. The van der Waals surface area contributed by atoms with E-state index in [1.165, 1.54) is 5.57 Å². The number of allylic oxidation sites excluding steroid dienone is 2. The van der Waals surface area contributed by atoms with Crippen molar-refractivity contribution in [1.82, 2.24) is 5.01 Å². The smallest absolute Gasteiger partial charge is 0.167 e. The predicted molar refractivity (Wildman–Crippen MR) is 53.2 cm³/mol. The lowest BCUT2D eigenvalue weighted by Crippen LogP contribution is -2.17. The quantitative estimate of drug-likeness (QED) is 0.666. The van der Waals surface area contributed by atoms with Gasteiger partial charge in [-0.3, -0.25) is 0 Å².